The summed E-state index contributed by atoms with van der Waals surface area (Å²) in [5, 5.41) is 5.64. The average Bonchev–Trinajstić information content (AvgIpc) is 3.11. The molecule has 0 aliphatic heterocycles. The lowest BCUT2D eigenvalue weighted by molar-refractivity contribution is 0.0993. The molecule has 3 aromatic rings. The third-order valence-corrected chi connectivity index (χ3v) is 4.36. The second-order valence-corrected chi connectivity index (χ2v) is 6.60. The van der Waals surface area contributed by atoms with Crippen LogP contribution in [0.5, 0.6) is 5.75 Å². The molecule has 3 rings (SSSR count). The Bertz CT molecular complexity index is 989. The highest BCUT2D eigenvalue weighted by Crippen LogP contribution is 2.35. The van der Waals surface area contributed by atoms with Crippen molar-refractivity contribution in [2.24, 2.45) is 0 Å². The Morgan fingerprint density at radius 1 is 1.00 bits per heavy atom. The van der Waals surface area contributed by atoms with E-state index in [1.165, 1.54) is 25.3 Å². The van der Waals surface area contributed by atoms with Crippen molar-refractivity contribution in [2.75, 3.05) is 17.7 Å². The first kappa shape index (κ1) is 19.0. The fraction of sp³-hybridized carbons (Fsp3) is 0.0526. The number of halogens is 2. The molecule has 138 valence electrons. The monoisotopic (exact) mass is 448 g/mol. The number of anilines is 2. The number of nitrogens with one attached hydrogen (secondary N) is 2. The number of furan rings is 1. The molecule has 0 aliphatic rings. The van der Waals surface area contributed by atoms with Crippen LogP contribution in [0.1, 0.15) is 20.9 Å². The number of hydrogen-bond donors (Lipinski definition) is 2. The summed E-state index contributed by atoms with van der Waals surface area (Å²) < 4.78 is 11.0. The summed E-state index contributed by atoms with van der Waals surface area (Å²) in [6.45, 7) is 0. The second-order valence-electron chi connectivity index (χ2n) is 5.41. The van der Waals surface area contributed by atoms with E-state index in [2.05, 4.69) is 26.6 Å². The third-order valence-electron chi connectivity index (χ3n) is 3.62. The van der Waals surface area contributed by atoms with Crippen LogP contribution in [-0.4, -0.2) is 18.9 Å². The van der Waals surface area contributed by atoms with Gasteiger partial charge in [0.1, 0.15) is 5.75 Å². The van der Waals surface area contributed by atoms with E-state index in [-0.39, 0.29) is 16.7 Å². The molecule has 0 radical (unpaired) electrons. The van der Waals surface area contributed by atoms with Crippen LogP contribution in [0.15, 0.2) is 63.7 Å². The first-order chi connectivity index (χ1) is 13.0. The van der Waals surface area contributed by atoms with Gasteiger partial charge in [0.2, 0.25) is 0 Å². The molecule has 0 bridgehead atoms. The van der Waals surface area contributed by atoms with Crippen LogP contribution in [-0.2, 0) is 0 Å². The standard InChI is InChI=1S/C19H14BrClN2O4/c1-26-16-10-13(22-18(24)11-5-3-2-4-6-11)12(21)9-14(16)23-19(25)15-7-8-17(20)27-15/h2-10H,1H3,(H,22,24)(H,23,25). The van der Waals surface area contributed by atoms with Crippen LogP contribution in [0.2, 0.25) is 5.02 Å². The SMILES string of the molecule is COc1cc(NC(=O)c2ccccc2)c(Cl)cc1NC(=O)c1ccc(Br)o1. The summed E-state index contributed by atoms with van der Waals surface area (Å²) in [5.41, 5.74) is 1.20. The van der Waals surface area contributed by atoms with Gasteiger partial charge in [-0.25, -0.2) is 0 Å². The molecule has 0 fully saturated rings. The predicted octanol–water partition coefficient (Wildman–Crippen LogP) is 5.21. The average molecular weight is 450 g/mol. The minimum absolute atomic E-state index is 0.126. The molecule has 2 aromatic carbocycles. The number of carbonyl (C=O) groups is 2. The zero-order chi connectivity index (χ0) is 19.4. The lowest BCUT2D eigenvalue weighted by atomic mass is 10.2. The maximum Gasteiger partial charge on any atom is 0.291 e. The summed E-state index contributed by atoms with van der Waals surface area (Å²) in [6.07, 6.45) is 0. The highest BCUT2D eigenvalue weighted by atomic mass is 79.9. The Balaban J connectivity index is 1.82. The zero-order valence-electron chi connectivity index (χ0n) is 14.1. The number of amides is 2. The van der Waals surface area contributed by atoms with Gasteiger partial charge < -0.3 is 19.8 Å². The fourth-order valence-corrected chi connectivity index (χ4v) is 2.84. The molecule has 0 spiro atoms. The molecule has 0 saturated carbocycles. The Morgan fingerprint density at radius 3 is 2.33 bits per heavy atom. The van der Waals surface area contributed by atoms with E-state index in [0.717, 1.165) is 0 Å². The lowest BCUT2D eigenvalue weighted by Crippen LogP contribution is -2.14. The number of rotatable bonds is 5. The molecule has 2 amide bonds. The minimum Gasteiger partial charge on any atom is -0.494 e. The molecule has 6 nitrogen and oxygen atoms in total. The maximum atomic E-state index is 12.3. The minimum atomic E-state index is -0.462. The van der Waals surface area contributed by atoms with Crippen LogP contribution in [0.4, 0.5) is 11.4 Å². The number of methoxy groups -OCH3 is 1. The number of benzene rings is 2. The number of ether oxygens (including phenoxy) is 1. The van der Waals surface area contributed by atoms with E-state index in [0.29, 0.717) is 27.4 Å². The van der Waals surface area contributed by atoms with Gasteiger partial charge in [0.15, 0.2) is 10.4 Å². The van der Waals surface area contributed by atoms with Gasteiger partial charge in [-0.2, -0.15) is 0 Å². The summed E-state index contributed by atoms with van der Waals surface area (Å²) in [4.78, 5) is 24.6. The number of carbonyl (C=O) groups excluding carboxylic acids is 2. The van der Waals surface area contributed by atoms with Gasteiger partial charge in [0, 0.05) is 11.6 Å². The van der Waals surface area contributed by atoms with Crippen molar-refractivity contribution in [1.82, 2.24) is 0 Å². The molecule has 0 atom stereocenters. The Labute approximate surface area is 168 Å². The molecule has 8 heteroatoms. The van der Waals surface area contributed by atoms with Crippen molar-refractivity contribution < 1.29 is 18.7 Å². The molecule has 27 heavy (non-hydrogen) atoms. The topological polar surface area (TPSA) is 80.6 Å². The Morgan fingerprint density at radius 2 is 1.70 bits per heavy atom. The molecule has 2 N–H and O–H groups in total. The van der Waals surface area contributed by atoms with Gasteiger partial charge in [-0.05, 0) is 46.3 Å². The van der Waals surface area contributed by atoms with E-state index in [1.807, 2.05) is 6.07 Å². The van der Waals surface area contributed by atoms with Gasteiger partial charge in [0.05, 0.1) is 23.5 Å². The Hall–Kier alpha value is -2.77. The van der Waals surface area contributed by atoms with Crippen molar-refractivity contribution in [2.45, 2.75) is 0 Å². The zero-order valence-corrected chi connectivity index (χ0v) is 16.4. The van der Waals surface area contributed by atoms with Crippen LogP contribution >= 0.6 is 27.5 Å². The summed E-state index contributed by atoms with van der Waals surface area (Å²) in [7, 11) is 1.45. The summed E-state index contributed by atoms with van der Waals surface area (Å²) in [6, 6.07) is 14.9. The van der Waals surface area contributed by atoms with E-state index in [1.54, 1.807) is 30.3 Å². The molecular weight excluding hydrogens is 436 g/mol. The van der Waals surface area contributed by atoms with Crippen molar-refractivity contribution in [3.05, 3.63) is 75.6 Å². The second kappa shape index (κ2) is 8.28. The summed E-state index contributed by atoms with van der Waals surface area (Å²) in [5.74, 6) is -0.309. The smallest absolute Gasteiger partial charge is 0.291 e. The van der Waals surface area contributed by atoms with Crippen LogP contribution in [0.3, 0.4) is 0 Å². The normalized spacial score (nSPS) is 10.3. The lowest BCUT2D eigenvalue weighted by Gasteiger charge is -2.14. The molecule has 0 unspecified atom stereocenters. The van der Waals surface area contributed by atoms with Crippen molar-refractivity contribution >= 4 is 50.7 Å². The fourth-order valence-electron chi connectivity index (χ4n) is 2.32. The molecule has 0 saturated heterocycles. The molecule has 1 aromatic heterocycles. The molecule has 1 heterocycles. The van der Waals surface area contributed by atoms with Gasteiger partial charge in [-0.1, -0.05) is 29.8 Å². The van der Waals surface area contributed by atoms with E-state index in [4.69, 9.17) is 20.8 Å². The van der Waals surface area contributed by atoms with Crippen LogP contribution in [0.25, 0.3) is 0 Å². The van der Waals surface area contributed by atoms with Crippen molar-refractivity contribution in [3.8, 4) is 5.75 Å². The van der Waals surface area contributed by atoms with Gasteiger partial charge >= 0.3 is 0 Å². The van der Waals surface area contributed by atoms with E-state index in [9.17, 15) is 9.59 Å². The molecule has 0 aliphatic carbocycles. The highest BCUT2D eigenvalue weighted by Gasteiger charge is 2.17. The first-order valence-electron chi connectivity index (χ1n) is 7.78. The van der Waals surface area contributed by atoms with Crippen LogP contribution < -0.4 is 15.4 Å². The predicted molar refractivity (Wildman–Crippen MR) is 107 cm³/mol. The van der Waals surface area contributed by atoms with Gasteiger partial charge in [0.25, 0.3) is 11.8 Å². The highest BCUT2D eigenvalue weighted by molar-refractivity contribution is 9.10. The van der Waals surface area contributed by atoms with Crippen molar-refractivity contribution in [1.29, 1.82) is 0 Å². The molecular formula is C19H14BrClN2O4. The maximum absolute atomic E-state index is 12.3. The van der Waals surface area contributed by atoms with E-state index >= 15 is 0 Å². The van der Waals surface area contributed by atoms with Gasteiger partial charge in [-0.3, -0.25) is 9.59 Å². The van der Waals surface area contributed by atoms with Gasteiger partial charge in [-0.15, -0.1) is 0 Å². The van der Waals surface area contributed by atoms with E-state index < -0.39 is 5.91 Å². The van der Waals surface area contributed by atoms with Crippen LogP contribution in [0, 0.1) is 0 Å². The van der Waals surface area contributed by atoms with Crippen molar-refractivity contribution in [3.63, 3.8) is 0 Å². The number of hydrogen-bond acceptors (Lipinski definition) is 4. The first-order valence-corrected chi connectivity index (χ1v) is 8.95. The summed E-state index contributed by atoms with van der Waals surface area (Å²) >= 11 is 9.42. The third kappa shape index (κ3) is 4.50. The largest absolute Gasteiger partial charge is 0.494 e. The quantitative estimate of drug-likeness (QED) is 0.560. The Kier molecular flexibility index (Phi) is 5.83.